The van der Waals surface area contributed by atoms with E-state index in [1.807, 2.05) is 62.4 Å². The molecule has 0 aliphatic rings. The van der Waals surface area contributed by atoms with E-state index in [2.05, 4.69) is 17.1 Å². The van der Waals surface area contributed by atoms with Crippen LogP contribution in [0.1, 0.15) is 34.0 Å². The van der Waals surface area contributed by atoms with Crippen molar-refractivity contribution in [2.45, 2.75) is 26.8 Å². The highest BCUT2D eigenvalue weighted by Gasteiger charge is 2.21. The van der Waals surface area contributed by atoms with Gasteiger partial charge in [-0.05, 0) is 62.2 Å². The van der Waals surface area contributed by atoms with Crippen LogP contribution in [0.5, 0.6) is 11.5 Å². The summed E-state index contributed by atoms with van der Waals surface area (Å²) in [6, 6.07) is 22.8. The zero-order valence-corrected chi connectivity index (χ0v) is 20.3. The average molecular weight is 471 g/mol. The number of aromatic nitrogens is 1. The molecule has 0 aliphatic heterocycles. The first-order chi connectivity index (χ1) is 17.0. The summed E-state index contributed by atoms with van der Waals surface area (Å²) >= 11 is 0. The van der Waals surface area contributed by atoms with Crippen LogP contribution in [0.3, 0.4) is 0 Å². The summed E-state index contributed by atoms with van der Waals surface area (Å²) < 4.78 is 11.0. The SMILES string of the molecule is CCOc1ccc2[nH]c(=O)c(CN(CCc3cccc(C)c3)C(=O)c3ccccc3OC)cc2c1. The molecule has 3 aromatic carbocycles. The monoisotopic (exact) mass is 470 g/mol. The Morgan fingerprint density at radius 2 is 1.83 bits per heavy atom. The maximum absolute atomic E-state index is 13.6. The number of fused-ring (bicyclic) bond motifs is 1. The van der Waals surface area contributed by atoms with Crippen LogP contribution in [-0.4, -0.2) is 36.1 Å². The number of rotatable bonds is 9. The lowest BCUT2D eigenvalue weighted by molar-refractivity contribution is 0.0741. The summed E-state index contributed by atoms with van der Waals surface area (Å²) in [5.41, 5.74) is 3.80. The lowest BCUT2D eigenvalue weighted by Gasteiger charge is -2.24. The van der Waals surface area contributed by atoms with Crippen LogP contribution in [0.4, 0.5) is 0 Å². The van der Waals surface area contributed by atoms with Crippen LogP contribution in [0.25, 0.3) is 10.9 Å². The topological polar surface area (TPSA) is 71.6 Å². The van der Waals surface area contributed by atoms with E-state index >= 15 is 0 Å². The number of hydrogen-bond donors (Lipinski definition) is 1. The van der Waals surface area contributed by atoms with Gasteiger partial charge in [-0.3, -0.25) is 9.59 Å². The van der Waals surface area contributed by atoms with Crippen molar-refractivity contribution < 1.29 is 14.3 Å². The van der Waals surface area contributed by atoms with Gasteiger partial charge in [-0.25, -0.2) is 0 Å². The first-order valence-corrected chi connectivity index (χ1v) is 11.7. The molecule has 180 valence electrons. The van der Waals surface area contributed by atoms with Crippen molar-refractivity contribution in [3.63, 3.8) is 0 Å². The molecule has 0 saturated heterocycles. The third-order valence-electron chi connectivity index (χ3n) is 5.94. The molecule has 0 fully saturated rings. The van der Waals surface area contributed by atoms with Crippen molar-refractivity contribution in [1.29, 1.82) is 0 Å². The van der Waals surface area contributed by atoms with Gasteiger partial charge in [0.25, 0.3) is 11.5 Å². The van der Waals surface area contributed by atoms with E-state index in [4.69, 9.17) is 9.47 Å². The molecule has 0 bridgehead atoms. The number of aryl methyl sites for hydroxylation is 1. The van der Waals surface area contributed by atoms with Gasteiger partial charge in [0, 0.05) is 23.0 Å². The quantitative estimate of drug-likeness (QED) is 0.368. The molecule has 4 aromatic rings. The van der Waals surface area contributed by atoms with Crippen molar-refractivity contribution in [2.75, 3.05) is 20.3 Å². The second kappa shape index (κ2) is 10.9. The fourth-order valence-corrected chi connectivity index (χ4v) is 4.19. The fraction of sp³-hybridized carbons (Fsp3) is 0.241. The van der Waals surface area contributed by atoms with E-state index in [1.54, 1.807) is 24.1 Å². The zero-order valence-electron chi connectivity index (χ0n) is 20.3. The van der Waals surface area contributed by atoms with Crippen molar-refractivity contribution in [2.24, 2.45) is 0 Å². The number of aromatic amines is 1. The third kappa shape index (κ3) is 5.72. The Bertz CT molecular complexity index is 1390. The van der Waals surface area contributed by atoms with E-state index < -0.39 is 0 Å². The molecule has 0 unspecified atom stereocenters. The summed E-state index contributed by atoms with van der Waals surface area (Å²) in [4.78, 5) is 31.2. The highest BCUT2D eigenvalue weighted by molar-refractivity contribution is 5.97. The highest BCUT2D eigenvalue weighted by atomic mass is 16.5. The summed E-state index contributed by atoms with van der Waals surface area (Å²) in [5, 5.41) is 0.855. The number of pyridine rings is 1. The molecule has 4 rings (SSSR count). The molecule has 1 aromatic heterocycles. The van der Waals surface area contributed by atoms with Gasteiger partial charge in [-0.2, -0.15) is 0 Å². The van der Waals surface area contributed by atoms with Gasteiger partial charge in [0.15, 0.2) is 0 Å². The maximum Gasteiger partial charge on any atom is 0.257 e. The average Bonchev–Trinajstić information content (AvgIpc) is 2.86. The maximum atomic E-state index is 13.6. The first kappa shape index (κ1) is 24.1. The normalized spacial score (nSPS) is 10.8. The Morgan fingerprint density at radius 1 is 1.00 bits per heavy atom. The number of hydrogen-bond acceptors (Lipinski definition) is 4. The van der Waals surface area contributed by atoms with E-state index in [0.29, 0.717) is 36.4 Å². The van der Waals surface area contributed by atoms with Crippen molar-refractivity contribution in [3.8, 4) is 11.5 Å². The van der Waals surface area contributed by atoms with Crippen molar-refractivity contribution in [1.82, 2.24) is 9.88 Å². The number of amides is 1. The highest BCUT2D eigenvalue weighted by Crippen LogP contribution is 2.23. The summed E-state index contributed by atoms with van der Waals surface area (Å²) in [7, 11) is 1.55. The van der Waals surface area contributed by atoms with Gasteiger partial charge >= 0.3 is 0 Å². The minimum atomic E-state index is -0.213. The van der Waals surface area contributed by atoms with Gasteiger partial charge in [0.05, 0.1) is 25.8 Å². The Balaban J connectivity index is 1.68. The summed E-state index contributed by atoms with van der Waals surface area (Å²) in [6.07, 6.45) is 0.669. The molecule has 35 heavy (non-hydrogen) atoms. The summed E-state index contributed by atoms with van der Waals surface area (Å²) in [5.74, 6) is 1.06. The number of nitrogens with one attached hydrogen (secondary N) is 1. The molecule has 0 radical (unpaired) electrons. The van der Waals surface area contributed by atoms with E-state index in [-0.39, 0.29) is 18.0 Å². The van der Waals surface area contributed by atoms with Gasteiger partial charge in [0.2, 0.25) is 0 Å². The minimum Gasteiger partial charge on any atom is -0.496 e. The molecular formula is C29H30N2O4. The van der Waals surface area contributed by atoms with Crippen molar-refractivity contribution >= 4 is 16.8 Å². The number of carbonyl (C=O) groups is 1. The lowest BCUT2D eigenvalue weighted by atomic mass is 10.1. The zero-order chi connectivity index (χ0) is 24.8. The molecule has 1 heterocycles. The molecular weight excluding hydrogens is 440 g/mol. The van der Waals surface area contributed by atoms with Crippen LogP contribution in [0.15, 0.2) is 77.6 Å². The molecule has 0 spiro atoms. The molecule has 0 aliphatic carbocycles. The van der Waals surface area contributed by atoms with Crippen LogP contribution in [-0.2, 0) is 13.0 Å². The number of ether oxygens (including phenoxy) is 2. The van der Waals surface area contributed by atoms with E-state index in [1.165, 1.54) is 5.56 Å². The molecule has 6 nitrogen and oxygen atoms in total. The van der Waals surface area contributed by atoms with Crippen molar-refractivity contribution in [3.05, 3.63) is 105 Å². The van der Waals surface area contributed by atoms with Gasteiger partial charge < -0.3 is 19.4 Å². The standard InChI is InChI=1S/C29H30N2O4/c1-4-35-24-12-13-26-22(18-24)17-23(28(32)30-26)19-31(15-14-21-9-7-8-20(2)16-21)29(33)25-10-5-6-11-27(25)34-3/h5-13,16-18H,4,14-15,19H2,1-3H3,(H,30,32). The Hall–Kier alpha value is -4.06. The lowest BCUT2D eigenvalue weighted by Crippen LogP contribution is -2.34. The Labute approximate surface area is 205 Å². The minimum absolute atomic E-state index is 0.173. The number of nitrogens with zero attached hydrogens (tertiary/aromatic N) is 1. The molecule has 1 amide bonds. The second-order valence-corrected chi connectivity index (χ2v) is 8.47. The smallest absolute Gasteiger partial charge is 0.257 e. The van der Waals surface area contributed by atoms with E-state index in [9.17, 15) is 9.59 Å². The molecule has 0 saturated carbocycles. The predicted octanol–water partition coefficient (Wildman–Crippen LogP) is 5.13. The largest absolute Gasteiger partial charge is 0.496 e. The third-order valence-corrected chi connectivity index (χ3v) is 5.94. The molecule has 1 N–H and O–H groups in total. The van der Waals surface area contributed by atoms with Crippen LogP contribution in [0, 0.1) is 6.92 Å². The Morgan fingerprint density at radius 3 is 2.60 bits per heavy atom. The predicted molar refractivity (Wildman–Crippen MR) is 138 cm³/mol. The first-order valence-electron chi connectivity index (χ1n) is 11.7. The number of H-pyrrole nitrogens is 1. The number of carbonyl (C=O) groups excluding carboxylic acids is 1. The molecule has 0 atom stereocenters. The van der Waals surface area contributed by atoms with E-state index in [0.717, 1.165) is 22.2 Å². The molecule has 6 heteroatoms. The number of benzene rings is 3. The fourth-order valence-electron chi connectivity index (χ4n) is 4.19. The van der Waals surface area contributed by atoms with Gasteiger partial charge in [-0.15, -0.1) is 0 Å². The second-order valence-electron chi connectivity index (χ2n) is 8.47. The number of methoxy groups -OCH3 is 1. The van der Waals surface area contributed by atoms with Gasteiger partial charge in [-0.1, -0.05) is 42.0 Å². The van der Waals surface area contributed by atoms with Crippen LogP contribution < -0.4 is 15.0 Å². The number of para-hydroxylation sites is 1. The Kier molecular flexibility index (Phi) is 7.51. The van der Waals surface area contributed by atoms with Crippen LogP contribution in [0.2, 0.25) is 0 Å². The summed E-state index contributed by atoms with van der Waals surface area (Å²) in [6.45, 7) is 5.16. The van der Waals surface area contributed by atoms with Gasteiger partial charge in [0.1, 0.15) is 11.5 Å². The van der Waals surface area contributed by atoms with Crippen LogP contribution >= 0.6 is 0 Å².